The highest BCUT2D eigenvalue weighted by atomic mass is 35.5. The Morgan fingerprint density at radius 2 is 1.68 bits per heavy atom. The molecule has 2 nitrogen and oxygen atoms in total. The van der Waals surface area contributed by atoms with Crippen molar-refractivity contribution in [2.24, 2.45) is 0 Å². The largest absolute Gasteiger partial charge is 0.416 e. The van der Waals surface area contributed by atoms with Crippen molar-refractivity contribution in [3.05, 3.63) is 70.2 Å². The average molecular weight is 328 g/mol. The molecule has 0 spiro atoms. The lowest BCUT2D eigenvalue weighted by atomic mass is 10.1. The van der Waals surface area contributed by atoms with Crippen LogP contribution in [-0.4, -0.2) is 5.91 Å². The molecule has 1 N–H and O–H groups in total. The molecule has 0 aliphatic heterocycles. The Balaban J connectivity index is 1.90. The maximum absolute atomic E-state index is 12.4. The number of amides is 1. The van der Waals surface area contributed by atoms with Crippen molar-refractivity contribution in [2.75, 3.05) is 0 Å². The molecule has 0 radical (unpaired) electrons. The van der Waals surface area contributed by atoms with Crippen LogP contribution in [0, 0.1) is 0 Å². The highest BCUT2D eigenvalue weighted by molar-refractivity contribution is 6.31. The van der Waals surface area contributed by atoms with Crippen LogP contribution in [0.2, 0.25) is 5.02 Å². The van der Waals surface area contributed by atoms with Crippen molar-refractivity contribution in [3.8, 4) is 0 Å². The van der Waals surface area contributed by atoms with Gasteiger partial charge in [0.2, 0.25) is 5.91 Å². The van der Waals surface area contributed by atoms with Gasteiger partial charge in [0.15, 0.2) is 0 Å². The summed E-state index contributed by atoms with van der Waals surface area (Å²) in [4.78, 5) is 11.8. The number of hydrogen-bond donors (Lipinski definition) is 1. The Morgan fingerprint density at radius 3 is 2.27 bits per heavy atom. The van der Waals surface area contributed by atoms with Gasteiger partial charge in [-0.3, -0.25) is 4.79 Å². The van der Waals surface area contributed by atoms with Gasteiger partial charge >= 0.3 is 6.18 Å². The van der Waals surface area contributed by atoms with Gasteiger partial charge in [0.25, 0.3) is 0 Å². The van der Waals surface area contributed by atoms with Crippen LogP contribution in [0.15, 0.2) is 48.5 Å². The minimum atomic E-state index is -4.36. The fourth-order valence-corrected chi connectivity index (χ4v) is 2.09. The molecule has 0 unspecified atom stereocenters. The SMILES string of the molecule is O=C(Cc1ccccc1Cl)NCc1ccc(C(F)(F)F)cc1. The summed E-state index contributed by atoms with van der Waals surface area (Å²) >= 11 is 5.96. The molecule has 1 amide bonds. The zero-order valence-electron chi connectivity index (χ0n) is 11.5. The first-order valence-electron chi connectivity index (χ1n) is 6.52. The number of nitrogens with one attached hydrogen (secondary N) is 1. The van der Waals surface area contributed by atoms with Gasteiger partial charge in [0.05, 0.1) is 12.0 Å². The Bertz CT molecular complexity index is 653. The molecule has 0 aliphatic carbocycles. The van der Waals surface area contributed by atoms with E-state index in [2.05, 4.69) is 5.32 Å². The Labute approximate surface area is 130 Å². The molecule has 0 heterocycles. The Kier molecular flexibility index (Phi) is 5.08. The van der Waals surface area contributed by atoms with Gasteiger partial charge in [0.1, 0.15) is 0 Å². The van der Waals surface area contributed by atoms with E-state index in [0.29, 0.717) is 16.1 Å². The number of alkyl halides is 3. The van der Waals surface area contributed by atoms with Crippen molar-refractivity contribution in [1.82, 2.24) is 5.32 Å². The molecule has 0 saturated carbocycles. The van der Waals surface area contributed by atoms with Crippen LogP contribution in [-0.2, 0) is 23.9 Å². The fourth-order valence-electron chi connectivity index (χ4n) is 1.89. The summed E-state index contributed by atoms with van der Waals surface area (Å²) in [5, 5.41) is 3.16. The Morgan fingerprint density at radius 1 is 1.05 bits per heavy atom. The quantitative estimate of drug-likeness (QED) is 0.895. The van der Waals surface area contributed by atoms with Crippen LogP contribution in [0.25, 0.3) is 0 Å². The van der Waals surface area contributed by atoms with Crippen LogP contribution in [0.3, 0.4) is 0 Å². The molecule has 0 aliphatic rings. The van der Waals surface area contributed by atoms with Crippen molar-refractivity contribution in [2.45, 2.75) is 19.1 Å². The maximum atomic E-state index is 12.4. The maximum Gasteiger partial charge on any atom is 0.416 e. The lowest BCUT2D eigenvalue weighted by Crippen LogP contribution is -2.24. The van der Waals surface area contributed by atoms with Gasteiger partial charge in [-0.05, 0) is 29.3 Å². The van der Waals surface area contributed by atoms with Crippen LogP contribution >= 0.6 is 11.6 Å². The number of hydrogen-bond acceptors (Lipinski definition) is 1. The van der Waals surface area contributed by atoms with Crippen molar-refractivity contribution < 1.29 is 18.0 Å². The molecule has 0 bridgehead atoms. The third kappa shape index (κ3) is 4.49. The zero-order chi connectivity index (χ0) is 16.2. The second kappa shape index (κ2) is 6.83. The predicted molar refractivity (Wildman–Crippen MR) is 78.4 cm³/mol. The van der Waals surface area contributed by atoms with E-state index in [-0.39, 0.29) is 18.9 Å². The fraction of sp³-hybridized carbons (Fsp3) is 0.188. The van der Waals surface area contributed by atoms with Crippen molar-refractivity contribution >= 4 is 17.5 Å². The first-order valence-corrected chi connectivity index (χ1v) is 6.90. The third-order valence-corrected chi connectivity index (χ3v) is 3.45. The lowest BCUT2D eigenvalue weighted by molar-refractivity contribution is -0.137. The Hall–Kier alpha value is -2.01. The number of rotatable bonds is 4. The molecular formula is C16H13ClF3NO. The lowest BCUT2D eigenvalue weighted by Gasteiger charge is -2.09. The molecule has 2 aromatic carbocycles. The van der Waals surface area contributed by atoms with Crippen LogP contribution < -0.4 is 5.32 Å². The van der Waals surface area contributed by atoms with Gasteiger partial charge in [-0.1, -0.05) is 41.9 Å². The van der Waals surface area contributed by atoms with E-state index in [9.17, 15) is 18.0 Å². The monoisotopic (exact) mass is 327 g/mol. The third-order valence-electron chi connectivity index (χ3n) is 3.08. The summed E-state index contributed by atoms with van der Waals surface area (Å²) in [6.45, 7) is 0.168. The van der Waals surface area contributed by atoms with Gasteiger partial charge in [0, 0.05) is 11.6 Å². The summed E-state index contributed by atoms with van der Waals surface area (Å²) in [5.74, 6) is -0.243. The number of benzene rings is 2. The molecule has 0 atom stereocenters. The minimum absolute atomic E-state index is 0.125. The van der Waals surface area contributed by atoms with E-state index in [1.807, 2.05) is 0 Å². The topological polar surface area (TPSA) is 29.1 Å². The summed E-state index contributed by atoms with van der Waals surface area (Å²) in [6, 6.07) is 11.7. The van der Waals surface area contributed by atoms with Gasteiger partial charge in [-0.15, -0.1) is 0 Å². The first kappa shape index (κ1) is 16.4. The molecule has 22 heavy (non-hydrogen) atoms. The van der Waals surface area contributed by atoms with Crippen LogP contribution in [0.4, 0.5) is 13.2 Å². The normalized spacial score (nSPS) is 11.3. The summed E-state index contributed by atoms with van der Waals surface area (Å²) < 4.78 is 37.3. The first-order chi connectivity index (χ1) is 10.4. The highest BCUT2D eigenvalue weighted by Gasteiger charge is 2.29. The van der Waals surface area contributed by atoms with Crippen LogP contribution in [0.5, 0.6) is 0 Å². The molecule has 2 aromatic rings. The van der Waals surface area contributed by atoms with E-state index in [4.69, 9.17) is 11.6 Å². The van der Waals surface area contributed by atoms with Crippen molar-refractivity contribution in [3.63, 3.8) is 0 Å². The number of halogens is 4. The zero-order valence-corrected chi connectivity index (χ0v) is 12.2. The van der Waals surface area contributed by atoms with Crippen molar-refractivity contribution in [1.29, 1.82) is 0 Å². The molecule has 6 heteroatoms. The minimum Gasteiger partial charge on any atom is -0.352 e. The number of carbonyl (C=O) groups excluding carboxylic acids is 1. The molecule has 0 fully saturated rings. The predicted octanol–water partition coefficient (Wildman–Crippen LogP) is 4.22. The van der Waals surface area contributed by atoms with E-state index in [1.54, 1.807) is 24.3 Å². The highest BCUT2D eigenvalue weighted by Crippen LogP contribution is 2.29. The summed E-state index contributed by atoms with van der Waals surface area (Å²) in [5.41, 5.74) is 0.591. The molecular weight excluding hydrogens is 315 g/mol. The van der Waals surface area contributed by atoms with Gasteiger partial charge in [-0.2, -0.15) is 13.2 Å². The molecule has 116 valence electrons. The summed E-state index contributed by atoms with van der Waals surface area (Å²) in [7, 11) is 0. The number of carbonyl (C=O) groups is 1. The average Bonchev–Trinajstić information content (AvgIpc) is 2.47. The van der Waals surface area contributed by atoms with E-state index >= 15 is 0 Å². The van der Waals surface area contributed by atoms with E-state index < -0.39 is 11.7 Å². The second-order valence-electron chi connectivity index (χ2n) is 4.74. The van der Waals surface area contributed by atoms with Gasteiger partial charge < -0.3 is 5.32 Å². The second-order valence-corrected chi connectivity index (χ2v) is 5.15. The molecule has 0 aromatic heterocycles. The van der Waals surface area contributed by atoms with E-state index in [1.165, 1.54) is 12.1 Å². The molecule has 0 saturated heterocycles. The van der Waals surface area contributed by atoms with E-state index in [0.717, 1.165) is 12.1 Å². The summed E-state index contributed by atoms with van der Waals surface area (Å²) in [6.07, 6.45) is -4.23. The van der Waals surface area contributed by atoms with Crippen LogP contribution in [0.1, 0.15) is 16.7 Å². The smallest absolute Gasteiger partial charge is 0.352 e. The van der Waals surface area contributed by atoms with Gasteiger partial charge in [-0.25, -0.2) is 0 Å². The molecule has 2 rings (SSSR count). The standard InChI is InChI=1S/C16H13ClF3NO/c17-14-4-2-1-3-12(14)9-15(22)21-10-11-5-7-13(8-6-11)16(18,19)20/h1-8H,9-10H2,(H,21,22).